The molecule has 0 saturated heterocycles. The second-order valence-corrected chi connectivity index (χ2v) is 6.49. The van der Waals surface area contributed by atoms with Crippen molar-refractivity contribution >= 4 is 22.6 Å². The van der Waals surface area contributed by atoms with Crippen molar-refractivity contribution in [2.75, 3.05) is 19.0 Å². The Morgan fingerprint density at radius 3 is 2.42 bits per heavy atom. The molecule has 134 valence electrons. The molecule has 0 unspecified atom stereocenters. The summed E-state index contributed by atoms with van der Waals surface area (Å²) in [7, 11) is 3.87. The second-order valence-electron chi connectivity index (χ2n) is 6.49. The van der Waals surface area contributed by atoms with Crippen LogP contribution in [-0.2, 0) is 11.3 Å². The lowest BCUT2D eigenvalue weighted by atomic mass is 10.0. The molecule has 0 saturated carbocycles. The molecule has 0 aliphatic rings. The molecule has 0 radical (unpaired) electrons. The first-order valence-corrected chi connectivity index (χ1v) is 8.34. The molecule has 0 aliphatic carbocycles. The monoisotopic (exact) mass is 351 g/mol. The van der Waals surface area contributed by atoms with E-state index in [0.717, 1.165) is 22.2 Å². The number of nitrogens with zero attached hydrogens (tertiary/aromatic N) is 1. The minimum Gasteiger partial charge on any atom is -0.457 e. The van der Waals surface area contributed by atoms with Crippen molar-refractivity contribution in [3.8, 4) is 0 Å². The smallest absolute Gasteiger partial charge is 0.338 e. The summed E-state index contributed by atoms with van der Waals surface area (Å²) in [5, 5.41) is 0.781. The summed E-state index contributed by atoms with van der Waals surface area (Å²) in [6, 6.07) is 12.4. The minimum atomic E-state index is -0.451. The average Bonchev–Trinajstić information content (AvgIpc) is 2.63. The van der Waals surface area contributed by atoms with Crippen LogP contribution in [0.15, 0.2) is 51.7 Å². The van der Waals surface area contributed by atoms with Gasteiger partial charge in [0.1, 0.15) is 12.2 Å². The Hall–Kier alpha value is -3.08. The first-order valence-electron chi connectivity index (χ1n) is 8.34. The summed E-state index contributed by atoms with van der Waals surface area (Å²) in [5.74, 6) is -0.430. The number of carbonyl (C=O) groups excluding carboxylic acids is 1. The van der Waals surface area contributed by atoms with Crippen LogP contribution >= 0.6 is 0 Å². The summed E-state index contributed by atoms with van der Waals surface area (Å²) in [6.45, 7) is 3.88. The zero-order valence-corrected chi connectivity index (χ0v) is 15.3. The first kappa shape index (κ1) is 17.7. The van der Waals surface area contributed by atoms with Gasteiger partial charge < -0.3 is 14.1 Å². The maximum Gasteiger partial charge on any atom is 0.338 e. The SMILES string of the molecule is Cc1ccc2c(COC(=O)c3ccc(N(C)C)cc3)cc(=O)oc2c1C. The van der Waals surface area contributed by atoms with E-state index in [1.807, 2.05) is 57.1 Å². The quantitative estimate of drug-likeness (QED) is 0.528. The Labute approximate surface area is 151 Å². The van der Waals surface area contributed by atoms with E-state index < -0.39 is 11.6 Å². The predicted molar refractivity (Wildman–Crippen MR) is 102 cm³/mol. The summed E-state index contributed by atoms with van der Waals surface area (Å²) >= 11 is 0. The molecule has 26 heavy (non-hydrogen) atoms. The Morgan fingerprint density at radius 1 is 1.08 bits per heavy atom. The molecular formula is C21H21NO4. The summed E-state index contributed by atoms with van der Waals surface area (Å²) in [6.07, 6.45) is 0. The normalized spacial score (nSPS) is 10.8. The number of rotatable bonds is 4. The van der Waals surface area contributed by atoms with Crippen LogP contribution in [0.5, 0.6) is 0 Å². The Morgan fingerprint density at radius 2 is 1.77 bits per heavy atom. The highest BCUT2D eigenvalue weighted by Crippen LogP contribution is 2.24. The molecule has 1 aromatic heterocycles. The summed E-state index contributed by atoms with van der Waals surface area (Å²) in [4.78, 5) is 26.1. The van der Waals surface area contributed by atoms with Gasteiger partial charge in [-0.25, -0.2) is 9.59 Å². The van der Waals surface area contributed by atoms with Crippen LogP contribution in [0.25, 0.3) is 11.0 Å². The van der Waals surface area contributed by atoms with Crippen molar-refractivity contribution in [3.63, 3.8) is 0 Å². The highest BCUT2D eigenvalue weighted by atomic mass is 16.5. The third-order valence-electron chi connectivity index (χ3n) is 4.50. The van der Waals surface area contributed by atoms with Crippen LogP contribution in [0.3, 0.4) is 0 Å². The van der Waals surface area contributed by atoms with E-state index in [4.69, 9.17) is 9.15 Å². The van der Waals surface area contributed by atoms with Crippen LogP contribution in [0.1, 0.15) is 27.0 Å². The van der Waals surface area contributed by atoms with Crippen molar-refractivity contribution in [1.82, 2.24) is 0 Å². The van der Waals surface area contributed by atoms with E-state index >= 15 is 0 Å². The van der Waals surface area contributed by atoms with Gasteiger partial charge in [-0.3, -0.25) is 0 Å². The molecule has 0 atom stereocenters. The van der Waals surface area contributed by atoms with Crippen LogP contribution in [0.2, 0.25) is 0 Å². The van der Waals surface area contributed by atoms with E-state index in [1.54, 1.807) is 12.1 Å². The number of hydrogen-bond acceptors (Lipinski definition) is 5. The largest absolute Gasteiger partial charge is 0.457 e. The van der Waals surface area contributed by atoms with Crippen LogP contribution < -0.4 is 10.5 Å². The zero-order valence-electron chi connectivity index (χ0n) is 15.3. The van der Waals surface area contributed by atoms with Crippen molar-refractivity contribution in [2.24, 2.45) is 0 Å². The van der Waals surface area contributed by atoms with Gasteiger partial charge in [0, 0.05) is 36.8 Å². The van der Waals surface area contributed by atoms with Gasteiger partial charge in [0.2, 0.25) is 0 Å². The van der Waals surface area contributed by atoms with Gasteiger partial charge in [0.15, 0.2) is 0 Å². The average molecular weight is 351 g/mol. The number of esters is 1. The van der Waals surface area contributed by atoms with Crippen molar-refractivity contribution in [3.05, 3.63) is 75.1 Å². The van der Waals surface area contributed by atoms with Gasteiger partial charge >= 0.3 is 11.6 Å². The molecule has 5 heteroatoms. The molecule has 1 heterocycles. The van der Waals surface area contributed by atoms with Gasteiger partial charge in [0.05, 0.1) is 5.56 Å². The second kappa shape index (κ2) is 7.04. The molecule has 0 N–H and O–H groups in total. The fourth-order valence-corrected chi connectivity index (χ4v) is 2.77. The summed E-state index contributed by atoms with van der Waals surface area (Å²) < 4.78 is 10.8. The van der Waals surface area contributed by atoms with Crippen LogP contribution in [0, 0.1) is 13.8 Å². The molecule has 5 nitrogen and oxygen atoms in total. The highest BCUT2D eigenvalue weighted by Gasteiger charge is 2.13. The molecule has 0 spiro atoms. The predicted octanol–water partition coefficient (Wildman–Crippen LogP) is 3.83. The number of benzene rings is 2. The molecule has 3 rings (SSSR count). The third-order valence-corrected chi connectivity index (χ3v) is 4.50. The number of aryl methyl sites for hydroxylation is 2. The third kappa shape index (κ3) is 3.47. The van der Waals surface area contributed by atoms with E-state index in [1.165, 1.54) is 6.07 Å². The number of hydrogen-bond donors (Lipinski definition) is 0. The van der Waals surface area contributed by atoms with E-state index in [9.17, 15) is 9.59 Å². The lowest BCUT2D eigenvalue weighted by molar-refractivity contribution is 0.0474. The fraction of sp³-hybridized carbons (Fsp3) is 0.238. The van der Waals surface area contributed by atoms with Gasteiger partial charge in [0.25, 0.3) is 0 Å². The number of anilines is 1. The highest BCUT2D eigenvalue weighted by molar-refractivity contribution is 5.90. The van der Waals surface area contributed by atoms with Gasteiger partial charge in [-0.1, -0.05) is 12.1 Å². The maximum atomic E-state index is 12.3. The van der Waals surface area contributed by atoms with Gasteiger partial charge in [-0.2, -0.15) is 0 Å². The molecule has 3 aromatic rings. The molecule has 0 amide bonds. The minimum absolute atomic E-state index is 0.0128. The van der Waals surface area contributed by atoms with Crippen molar-refractivity contribution < 1.29 is 13.9 Å². The van der Waals surface area contributed by atoms with Crippen molar-refractivity contribution in [2.45, 2.75) is 20.5 Å². The maximum absolute atomic E-state index is 12.3. The summed E-state index contributed by atoms with van der Waals surface area (Å²) in [5.41, 5.74) is 4.14. The first-order chi connectivity index (χ1) is 12.4. The van der Waals surface area contributed by atoms with Gasteiger partial charge in [-0.15, -0.1) is 0 Å². The molecule has 0 aliphatic heterocycles. The molecule has 0 fully saturated rings. The Kier molecular flexibility index (Phi) is 4.80. The fourth-order valence-electron chi connectivity index (χ4n) is 2.77. The van der Waals surface area contributed by atoms with E-state index in [2.05, 4.69) is 0 Å². The standard InChI is InChI=1S/C21H21NO4/c1-13-5-10-18-16(11-19(23)26-20(18)14(13)2)12-25-21(24)15-6-8-17(9-7-15)22(3)4/h5-11H,12H2,1-4H3. The Balaban J connectivity index is 1.84. The van der Waals surface area contributed by atoms with Gasteiger partial charge in [-0.05, 0) is 49.2 Å². The van der Waals surface area contributed by atoms with E-state index in [0.29, 0.717) is 16.7 Å². The lowest BCUT2D eigenvalue weighted by Gasteiger charge is -2.13. The van der Waals surface area contributed by atoms with Crippen LogP contribution in [-0.4, -0.2) is 20.1 Å². The van der Waals surface area contributed by atoms with Crippen LogP contribution in [0.4, 0.5) is 5.69 Å². The number of fused-ring (bicyclic) bond motifs is 1. The zero-order chi connectivity index (χ0) is 18.8. The molecule has 2 aromatic carbocycles. The number of ether oxygens (including phenoxy) is 1. The number of carbonyl (C=O) groups is 1. The topological polar surface area (TPSA) is 59.8 Å². The van der Waals surface area contributed by atoms with Crippen molar-refractivity contribution in [1.29, 1.82) is 0 Å². The lowest BCUT2D eigenvalue weighted by Crippen LogP contribution is -2.10. The van der Waals surface area contributed by atoms with E-state index in [-0.39, 0.29) is 6.61 Å². The Bertz CT molecular complexity index is 1020. The molecule has 0 bridgehead atoms. The molecular weight excluding hydrogens is 330 g/mol.